The van der Waals surface area contributed by atoms with Gasteiger partial charge < -0.3 is 15.4 Å². The van der Waals surface area contributed by atoms with E-state index in [0.29, 0.717) is 0 Å². The third kappa shape index (κ3) is 2.93. The van der Waals surface area contributed by atoms with Crippen LogP contribution in [0.2, 0.25) is 0 Å². The summed E-state index contributed by atoms with van der Waals surface area (Å²) >= 11 is 0. The van der Waals surface area contributed by atoms with E-state index in [1.165, 1.54) is 12.3 Å². The Morgan fingerprint density at radius 1 is 1.56 bits per heavy atom. The molecule has 1 atom stereocenters. The van der Waals surface area contributed by atoms with Crippen molar-refractivity contribution in [3.8, 4) is 0 Å². The Hall–Kier alpha value is -1.62. The summed E-state index contributed by atoms with van der Waals surface area (Å²) in [5.41, 5.74) is -0.373. The fourth-order valence-electron chi connectivity index (χ4n) is 1.27. The molecule has 0 saturated carbocycles. The predicted octanol–water partition coefficient (Wildman–Crippen LogP) is 0.122. The van der Waals surface area contributed by atoms with Crippen LogP contribution >= 0.6 is 0 Å². The molecule has 0 unspecified atom stereocenters. The predicted molar refractivity (Wildman–Crippen MR) is 60.2 cm³/mol. The number of H-pyrrole nitrogens is 1. The topological polar surface area (TPSA) is 82.2 Å². The summed E-state index contributed by atoms with van der Waals surface area (Å²) in [6.07, 6.45) is 1.46. The SMILES string of the molecule is CC(C)[C@@H](CO)NC(=O)c1ccc[nH]c1=O. The second-order valence-corrected chi connectivity index (χ2v) is 3.92. The summed E-state index contributed by atoms with van der Waals surface area (Å²) < 4.78 is 0. The first-order valence-electron chi connectivity index (χ1n) is 5.15. The zero-order chi connectivity index (χ0) is 12.1. The van der Waals surface area contributed by atoms with Gasteiger partial charge in [0.25, 0.3) is 11.5 Å². The van der Waals surface area contributed by atoms with Crippen molar-refractivity contribution in [1.82, 2.24) is 10.3 Å². The van der Waals surface area contributed by atoms with Gasteiger partial charge in [-0.25, -0.2) is 0 Å². The van der Waals surface area contributed by atoms with Gasteiger partial charge in [0.2, 0.25) is 0 Å². The maximum atomic E-state index is 11.7. The van der Waals surface area contributed by atoms with Gasteiger partial charge >= 0.3 is 0 Å². The Morgan fingerprint density at radius 2 is 2.25 bits per heavy atom. The molecular weight excluding hydrogens is 208 g/mol. The third-order valence-corrected chi connectivity index (χ3v) is 2.38. The summed E-state index contributed by atoms with van der Waals surface area (Å²) in [6.45, 7) is 3.63. The molecule has 5 heteroatoms. The lowest BCUT2D eigenvalue weighted by molar-refractivity contribution is 0.0895. The molecule has 0 bridgehead atoms. The van der Waals surface area contributed by atoms with Gasteiger partial charge in [-0.3, -0.25) is 9.59 Å². The van der Waals surface area contributed by atoms with E-state index in [2.05, 4.69) is 10.3 Å². The molecule has 1 rings (SSSR count). The minimum atomic E-state index is -0.463. The minimum Gasteiger partial charge on any atom is -0.394 e. The average Bonchev–Trinajstić information content (AvgIpc) is 2.25. The second kappa shape index (κ2) is 5.46. The molecule has 88 valence electrons. The average molecular weight is 224 g/mol. The number of aromatic nitrogens is 1. The van der Waals surface area contributed by atoms with Crippen LogP contribution in [0.3, 0.4) is 0 Å². The zero-order valence-electron chi connectivity index (χ0n) is 9.36. The second-order valence-electron chi connectivity index (χ2n) is 3.92. The quantitative estimate of drug-likeness (QED) is 0.679. The summed E-state index contributed by atoms with van der Waals surface area (Å²) in [7, 11) is 0. The van der Waals surface area contributed by atoms with Crippen LogP contribution in [0.4, 0.5) is 0 Å². The maximum absolute atomic E-state index is 11.7. The van der Waals surface area contributed by atoms with Crippen molar-refractivity contribution < 1.29 is 9.90 Å². The lowest BCUT2D eigenvalue weighted by atomic mass is 10.1. The van der Waals surface area contributed by atoms with E-state index >= 15 is 0 Å². The van der Waals surface area contributed by atoms with Gasteiger partial charge in [-0.15, -0.1) is 0 Å². The Labute approximate surface area is 93.5 Å². The Balaban J connectivity index is 2.80. The molecule has 1 heterocycles. The highest BCUT2D eigenvalue weighted by Crippen LogP contribution is 2.01. The number of aromatic amines is 1. The van der Waals surface area contributed by atoms with Gasteiger partial charge in [0, 0.05) is 6.20 Å². The highest BCUT2D eigenvalue weighted by Gasteiger charge is 2.17. The molecule has 0 fully saturated rings. The molecular formula is C11H16N2O3. The lowest BCUT2D eigenvalue weighted by Crippen LogP contribution is -2.42. The summed E-state index contributed by atoms with van der Waals surface area (Å²) in [5, 5.41) is 11.7. The Bertz CT molecular complexity index is 412. The monoisotopic (exact) mass is 224 g/mol. The molecule has 0 spiro atoms. The fourth-order valence-corrected chi connectivity index (χ4v) is 1.27. The molecule has 0 aliphatic heterocycles. The van der Waals surface area contributed by atoms with Crippen LogP contribution < -0.4 is 10.9 Å². The molecule has 3 N–H and O–H groups in total. The number of hydrogen-bond donors (Lipinski definition) is 3. The fraction of sp³-hybridized carbons (Fsp3) is 0.455. The number of hydrogen-bond acceptors (Lipinski definition) is 3. The molecule has 0 radical (unpaired) electrons. The van der Waals surface area contributed by atoms with Crippen LogP contribution in [-0.2, 0) is 0 Å². The van der Waals surface area contributed by atoms with Crippen molar-refractivity contribution in [3.63, 3.8) is 0 Å². The highest BCUT2D eigenvalue weighted by atomic mass is 16.3. The van der Waals surface area contributed by atoms with Gasteiger partial charge in [0.1, 0.15) is 5.56 Å². The molecule has 0 aromatic carbocycles. The van der Waals surface area contributed by atoms with Gasteiger partial charge in [0.05, 0.1) is 12.6 Å². The van der Waals surface area contributed by atoms with E-state index in [4.69, 9.17) is 5.11 Å². The highest BCUT2D eigenvalue weighted by molar-refractivity contribution is 5.93. The van der Waals surface area contributed by atoms with Gasteiger partial charge in [-0.05, 0) is 18.1 Å². The number of carbonyl (C=O) groups excluding carboxylic acids is 1. The summed E-state index contributed by atoms with van der Waals surface area (Å²) in [6, 6.07) is 2.69. The summed E-state index contributed by atoms with van der Waals surface area (Å²) in [5.74, 6) is -0.355. The van der Waals surface area contributed by atoms with Gasteiger partial charge in [-0.2, -0.15) is 0 Å². The number of rotatable bonds is 4. The normalized spacial score (nSPS) is 12.5. The maximum Gasteiger partial charge on any atom is 0.260 e. The number of aliphatic hydroxyl groups is 1. The first-order chi connectivity index (χ1) is 7.56. The van der Waals surface area contributed by atoms with Crippen LogP contribution in [0.25, 0.3) is 0 Å². The number of aliphatic hydroxyl groups excluding tert-OH is 1. The van der Waals surface area contributed by atoms with Crippen LogP contribution in [0.15, 0.2) is 23.1 Å². The molecule has 0 saturated heterocycles. The van der Waals surface area contributed by atoms with E-state index in [1.807, 2.05) is 13.8 Å². The van der Waals surface area contributed by atoms with E-state index in [0.717, 1.165) is 0 Å². The molecule has 0 aliphatic carbocycles. The van der Waals surface area contributed by atoms with Crippen LogP contribution in [0, 0.1) is 5.92 Å². The Kier molecular flexibility index (Phi) is 4.25. The molecule has 5 nitrogen and oxygen atoms in total. The van der Waals surface area contributed by atoms with Crippen LogP contribution in [-0.4, -0.2) is 28.6 Å². The van der Waals surface area contributed by atoms with Gasteiger partial charge in [-0.1, -0.05) is 13.8 Å². The van der Waals surface area contributed by atoms with E-state index in [9.17, 15) is 9.59 Å². The molecule has 1 aromatic rings. The van der Waals surface area contributed by atoms with Crippen molar-refractivity contribution in [2.75, 3.05) is 6.61 Å². The van der Waals surface area contributed by atoms with E-state index in [-0.39, 0.29) is 24.1 Å². The van der Waals surface area contributed by atoms with Crippen molar-refractivity contribution >= 4 is 5.91 Å². The first kappa shape index (κ1) is 12.4. The smallest absolute Gasteiger partial charge is 0.260 e. The third-order valence-electron chi connectivity index (χ3n) is 2.38. The van der Waals surface area contributed by atoms with Crippen molar-refractivity contribution in [1.29, 1.82) is 0 Å². The number of nitrogens with one attached hydrogen (secondary N) is 2. The number of pyridine rings is 1. The molecule has 1 aromatic heterocycles. The number of amides is 1. The molecule has 0 aliphatic rings. The Morgan fingerprint density at radius 3 is 2.75 bits per heavy atom. The van der Waals surface area contributed by atoms with E-state index < -0.39 is 11.5 Å². The standard InChI is InChI=1S/C11H16N2O3/c1-7(2)9(6-14)13-11(16)8-4-3-5-12-10(8)15/h3-5,7,9,14H,6H2,1-2H3,(H,12,15)(H,13,16)/t9-/m1/s1. The van der Waals surface area contributed by atoms with Crippen molar-refractivity contribution in [2.45, 2.75) is 19.9 Å². The molecule has 1 amide bonds. The van der Waals surface area contributed by atoms with Crippen molar-refractivity contribution in [2.24, 2.45) is 5.92 Å². The van der Waals surface area contributed by atoms with Crippen LogP contribution in [0.1, 0.15) is 24.2 Å². The van der Waals surface area contributed by atoms with Crippen LogP contribution in [0.5, 0.6) is 0 Å². The number of carbonyl (C=O) groups is 1. The van der Waals surface area contributed by atoms with E-state index in [1.54, 1.807) is 6.07 Å². The van der Waals surface area contributed by atoms with Crippen molar-refractivity contribution in [3.05, 3.63) is 34.2 Å². The first-order valence-corrected chi connectivity index (χ1v) is 5.15. The zero-order valence-corrected chi connectivity index (χ0v) is 9.36. The summed E-state index contributed by atoms with van der Waals surface area (Å²) in [4.78, 5) is 25.4. The minimum absolute atomic E-state index is 0.0570. The lowest BCUT2D eigenvalue weighted by Gasteiger charge is -2.19. The molecule has 16 heavy (non-hydrogen) atoms. The van der Waals surface area contributed by atoms with Gasteiger partial charge in [0.15, 0.2) is 0 Å². The largest absolute Gasteiger partial charge is 0.394 e.